The van der Waals surface area contributed by atoms with Crippen molar-refractivity contribution >= 4 is 5.91 Å². The van der Waals surface area contributed by atoms with Crippen LogP contribution in [0.5, 0.6) is 0 Å². The van der Waals surface area contributed by atoms with Crippen molar-refractivity contribution in [3.63, 3.8) is 0 Å². The molecule has 80 valence electrons. The van der Waals surface area contributed by atoms with Crippen LogP contribution in [-0.4, -0.2) is 29.9 Å². The number of rotatable bonds is 4. The van der Waals surface area contributed by atoms with E-state index in [-0.39, 0.29) is 11.9 Å². The van der Waals surface area contributed by atoms with Crippen molar-refractivity contribution in [1.82, 2.24) is 4.90 Å². The fraction of sp³-hybridized carbons (Fsp3) is 0.727. The van der Waals surface area contributed by atoms with Gasteiger partial charge < -0.3 is 10.6 Å². The van der Waals surface area contributed by atoms with Gasteiger partial charge in [0.05, 0.1) is 0 Å². The van der Waals surface area contributed by atoms with Crippen LogP contribution in [0.2, 0.25) is 0 Å². The van der Waals surface area contributed by atoms with E-state index in [1.165, 1.54) is 0 Å². The molecule has 0 fully saturated rings. The smallest absolute Gasteiger partial charge is 0.222 e. The van der Waals surface area contributed by atoms with Gasteiger partial charge in [0, 0.05) is 25.6 Å². The van der Waals surface area contributed by atoms with E-state index < -0.39 is 0 Å². The molecule has 1 amide bonds. The summed E-state index contributed by atoms with van der Waals surface area (Å²) in [6, 6.07) is 0.212. The molecule has 3 heteroatoms. The van der Waals surface area contributed by atoms with Gasteiger partial charge in [-0.05, 0) is 26.2 Å². The van der Waals surface area contributed by atoms with Gasteiger partial charge in [-0.2, -0.15) is 0 Å². The average molecular weight is 196 g/mol. The average Bonchev–Trinajstić information content (AvgIpc) is 2.18. The maximum Gasteiger partial charge on any atom is 0.222 e. The quantitative estimate of drug-likeness (QED) is 0.689. The predicted octanol–water partition coefficient (Wildman–Crippen LogP) is 1.29. The molecule has 0 spiro atoms. The van der Waals surface area contributed by atoms with E-state index in [1.54, 1.807) is 0 Å². The summed E-state index contributed by atoms with van der Waals surface area (Å²) in [6.45, 7) is 3.65. The summed E-state index contributed by atoms with van der Waals surface area (Å²) in [5, 5.41) is 0. The third-order valence-electron chi connectivity index (χ3n) is 2.46. The van der Waals surface area contributed by atoms with Crippen molar-refractivity contribution in [2.45, 2.75) is 38.6 Å². The molecule has 3 nitrogen and oxygen atoms in total. The summed E-state index contributed by atoms with van der Waals surface area (Å²) in [6.07, 6.45) is 7.69. The third-order valence-corrected chi connectivity index (χ3v) is 2.46. The van der Waals surface area contributed by atoms with Gasteiger partial charge >= 0.3 is 0 Å². The number of carbonyl (C=O) groups excluding carboxylic acids is 1. The second kappa shape index (κ2) is 5.81. The molecule has 0 saturated carbocycles. The summed E-state index contributed by atoms with van der Waals surface area (Å²) in [5.41, 5.74) is 5.62. The topological polar surface area (TPSA) is 46.3 Å². The Bertz CT molecular complexity index is 211. The summed E-state index contributed by atoms with van der Waals surface area (Å²) in [7, 11) is 0. The van der Waals surface area contributed by atoms with E-state index in [0.717, 1.165) is 32.4 Å². The molecule has 0 bridgehead atoms. The number of hydrogen-bond acceptors (Lipinski definition) is 2. The van der Waals surface area contributed by atoms with Crippen molar-refractivity contribution in [3.8, 4) is 0 Å². The van der Waals surface area contributed by atoms with E-state index in [0.29, 0.717) is 6.42 Å². The molecular weight excluding hydrogens is 176 g/mol. The third kappa shape index (κ3) is 3.92. The molecule has 2 N–H and O–H groups in total. The van der Waals surface area contributed by atoms with Crippen LogP contribution in [0.4, 0.5) is 0 Å². The van der Waals surface area contributed by atoms with Crippen LogP contribution in [0.25, 0.3) is 0 Å². The first-order valence-corrected chi connectivity index (χ1v) is 5.38. The summed E-state index contributed by atoms with van der Waals surface area (Å²) in [4.78, 5) is 13.5. The van der Waals surface area contributed by atoms with Crippen LogP contribution in [-0.2, 0) is 4.79 Å². The molecule has 0 saturated heterocycles. The van der Waals surface area contributed by atoms with Gasteiger partial charge in [-0.1, -0.05) is 12.2 Å². The zero-order valence-corrected chi connectivity index (χ0v) is 8.91. The number of hydrogen-bond donors (Lipinski definition) is 1. The molecule has 1 heterocycles. The normalized spacial score (nSPS) is 18.3. The second-order valence-corrected chi connectivity index (χ2v) is 3.97. The first-order chi connectivity index (χ1) is 6.70. The Kier molecular flexibility index (Phi) is 4.66. The lowest BCUT2D eigenvalue weighted by molar-refractivity contribution is -0.130. The number of nitrogens with zero attached hydrogens (tertiary/aromatic N) is 1. The van der Waals surface area contributed by atoms with Gasteiger partial charge in [0.1, 0.15) is 0 Å². The van der Waals surface area contributed by atoms with Crippen LogP contribution in [0.15, 0.2) is 12.2 Å². The molecule has 1 aliphatic heterocycles. The van der Waals surface area contributed by atoms with Crippen molar-refractivity contribution in [1.29, 1.82) is 0 Å². The summed E-state index contributed by atoms with van der Waals surface area (Å²) < 4.78 is 0. The maximum atomic E-state index is 11.6. The Hall–Kier alpha value is -0.830. The highest BCUT2D eigenvalue weighted by Crippen LogP contribution is 2.06. The number of amides is 1. The van der Waals surface area contributed by atoms with Gasteiger partial charge in [0.25, 0.3) is 0 Å². The molecule has 0 aliphatic carbocycles. The van der Waals surface area contributed by atoms with E-state index >= 15 is 0 Å². The van der Waals surface area contributed by atoms with Gasteiger partial charge in [-0.15, -0.1) is 0 Å². The van der Waals surface area contributed by atoms with Crippen LogP contribution in [0, 0.1) is 0 Å². The molecule has 14 heavy (non-hydrogen) atoms. The van der Waals surface area contributed by atoms with Crippen LogP contribution < -0.4 is 5.73 Å². The zero-order valence-electron chi connectivity index (χ0n) is 8.91. The first kappa shape index (κ1) is 11.2. The number of carbonyl (C=O) groups is 1. The highest BCUT2D eigenvalue weighted by atomic mass is 16.2. The lowest BCUT2D eigenvalue weighted by atomic mass is 10.1. The van der Waals surface area contributed by atoms with E-state index in [2.05, 4.69) is 12.2 Å². The number of nitrogens with two attached hydrogens (primary N) is 1. The Balaban J connectivity index is 2.17. The van der Waals surface area contributed by atoms with E-state index in [4.69, 9.17) is 5.73 Å². The van der Waals surface area contributed by atoms with Crippen molar-refractivity contribution in [2.75, 3.05) is 13.1 Å². The van der Waals surface area contributed by atoms with E-state index in [9.17, 15) is 4.79 Å². The SMILES string of the molecule is CC(N)CCCC(=O)N1CC=CCC1. The minimum Gasteiger partial charge on any atom is -0.339 e. The minimum absolute atomic E-state index is 0.212. The Morgan fingerprint density at radius 2 is 2.36 bits per heavy atom. The molecule has 1 aliphatic rings. The molecule has 0 aromatic rings. The molecule has 1 unspecified atom stereocenters. The molecule has 1 atom stereocenters. The Morgan fingerprint density at radius 1 is 1.57 bits per heavy atom. The largest absolute Gasteiger partial charge is 0.339 e. The summed E-state index contributed by atoms with van der Waals surface area (Å²) >= 11 is 0. The van der Waals surface area contributed by atoms with Crippen molar-refractivity contribution in [2.24, 2.45) is 5.73 Å². The fourth-order valence-electron chi connectivity index (χ4n) is 1.60. The monoisotopic (exact) mass is 196 g/mol. The Morgan fingerprint density at radius 3 is 2.93 bits per heavy atom. The minimum atomic E-state index is 0.212. The first-order valence-electron chi connectivity index (χ1n) is 5.38. The molecule has 0 aromatic heterocycles. The van der Waals surface area contributed by atoms with Crippen LogP contribution in [0.3, 0.4) is 0 Å². The van der Waals surface area contributed by atoms with Gasteiger partial charge in [0.2, 0.25) is 5.91 Å². The Labute approximate surface area is 86.0 Å². The maximum absolute atomic E-state index is 11.6. The summed E-state index contributed by atoms with van der Waals surface area (Å²) in [5.74, 6) is 0.273. The molecular formula is C11H20N2O. The van der Waals surface area contributed by atoms with Crippen molar-refractivity contribution < 1.29 is 4.79 Å². The highest BCUT2D eigenvalue weighted by molar-refractivity contribution is 5.76. The van der Waals surface area contributed by atoms with Crippen LogP contribution >= 0.6 is 0 Å². The molecule has 0 aromatic carbocycles. The molecule has 0 radical (unpaired) electrons. The second-order valence-electron chi connectivity index (χ2n) is 3.97. The van der Waals surface area contributed by atoms with E-state index in [1.807, 2.05) is 11.8 Å². The zero-order chi connectivity index (χ0) is 10.4. The highest BCUT2D eigenvalue weighted by Gasteiger charge is 2.12. The lowest BCUT2D eigenvalue weighted by Crippen LogP contribution is -2.33. The fourth-order valence-corrected chi connectivity index (χ4v) is 1.60. The van der Waals surface area contributed by atoms with Gasteiger partial charge in [-0.25, -0.2) is 0 Å². The standard InChI is InChI=1S/C11H20N2O/c1-10(12)6-5-7-11(14)13-8-3-2-4-9-13/h2-3,10H,4-9,12H2,1H3. The van der Waals surface area contributed by atoms with Gasteiger partial charge in [-0.3, -0.25) is 4.79 Å². The lowest BCUT2D eigenvalue weighted by Gasteiger charge is -2.23. The molecule has 1 rings (SSSR count). The van der Waals surface area contributed by atoms with Gasteiger partial charge in [0.15, 0.2) is 0 Å². The predicted molar refractivity (Wildman–Crippen MR) is 57.8 cm³/mol. The van der Waals surface area contributed by atoms with Crippen molar-refractivity contribution in [3.05, 3.63) is 12.2 Å². The van der Waals surface area contributed by atoms with Crippen LogP contribution in [0.1, 0.15) is 32.6 Å².